The zero-order valence-electron chi connectivity index (χ0n) is 12.2. The van der Waals surface area contributed by atoms with Crippen LogP contribution in [0.1, 0.15) is 29.7 Å². The third-order valence-electron chi connectivity index (χ3n) is 3.45. The Labute approximate surface area is 124 Å². The molecule has 2 rings (SSSR count). The Kier molecular flexibility index (Phi) is 4.58. The largest absolute Gasteiger partial charge is 0.378 e. The molecule has 21 heavy (non-hydrogen) atoms. The average molecular weight is 286 g/mol. The maximum Gasteiger partial charge on any atom is 0.221 e. The van der Waals surface area contributed by atoms with Crippen LogP contribution in [0.2, 0.25) is 0 Å². The molecule has 2 aromatic carbocycles. The normalized spacial score (nSPS) is 12.0. The second-order valence-electron chi connectivity index (χ2n) is 5.17. The highest BCUT2D eigenvalue weighted by molar-refractivity contribution is 5.78. The molecule has 0 heterocycles. The second kappa shape index (κ2) is 6.39. The van der Waals surface area contributed by atoms with E-state index in [9.17, 15) is 9.18 Å². The number of nitrogens with one attached hydrogen (secondary N) is 1. The number of carbonyl (C=O) groups excluding carboxylic acids is 1. The summed E-state index contributed by atoms with van der Waals surface area (Å²) in [5.74, 6) is -0.593. The number of carbonyl (C=O) groups is 1. The van der Waals surface area contributed by atoms with Crippen molar-refractivity contribution < 1.29 is 9.18 Å². The Morgan fingerprint density at radius 2 is 2.00 bits per heavy atom. The van der Waals surface area contributed by atoms with Crippen LogP contribution in [0.5, 0.6) is 0 Å². The predicted molar refractivity (Wildman–Crippen MR) is 82.5 cm³/mol. The zero-order chi connectivity index (χ0) is 15.4. The summed E-state index contributed by atoms with van der Waals surface area (Å²) in [6, 6.07) is 12.6. The van der Waals surface area contributed by atoms with E-state index in [0.29, 0.717) is 5.56 Å². The molecule has 0 aliphatic heterocycles. The second-order valence-corrected chi connectivity index (χ2v) is 5.17. The van der Waals surface area contributed by atoms with Crippen molar-refractivity contribution in [3.8, 4) is 0 Å². The Hall–Kier alpha value is -2.36. The molecule has 3 N–H and O–H groups in total. The molecular formula is C17H19FN2O. The highest BCUT2D eigenvalue weighted by atomic mass is 19.1. The maximum absolute atomic E-state index is 13.6. The first-order chi connectivity index (χ1) is 9.97. The van der Waals surface area contributed by atoms with Gasteiger partial charge in [0.15, 0.2) is 0 Å². The Balaban J connectivity index is 2.21. The van der Waals surface area contributed by atoms with Gasteiger partial charge in [-0.25, -0.2) is 4.39 Å². The summed E-state index contributed by atoms with van der Waals surface area (Å²) in [7, 11) is 0. The first-order valence-corrected chi connectivity index (χ1v) is 6.86. The van der Waals surface area contributed by atoms with Crippen LogP contribution in [0.4, 0.5) is 10.1 Å². The Morgan fingerprint density at radius 3 is 2.67 bits per heavy atom. The van der Waals surface area contributed by atoms with Crippen LogP contribution in [-0.2, 0) is 11.2 Å². The van der Waals surface area contributed by atoms with Gasteiger partial charge in [0.1, 0.15) is 5.82 Å². The third kappa shape index (κ3) is 3.81. The molecule has 0 aliphatic rings. The zero-order valence-corrected chi connectivity index (χ0v) is 12.2. The molecule has 0 radical (unpaired) electrons. The number of primary amides is 1. The van der Waals surface area contributed by atoms with Crippen LogP contribution in [-0.4, -0.2) is 5.91 Å². The molecule has 0 saturated carbocycles. The molecule has 1 amide bonds. The van der Waals surface area contributed by atoms with Crippen molar-refractivity contribution in [3.63, 3.8) is 0 Å². The first kappa shape index (κ1) is 15.0. The first-order valence-electron chi connectivity index (χ1n) is 6.86. The topological polar surface area (TPSA) is 55.1 Å². The number of anilines is 1. The molecule has 0 bridgehead atoms. The van der Waals surface area contributed by atoms with Gasteiger partial charge in [-0.2, -0.15) is 0 Å². The van der Waals surface area contributed by atoms with Crippen LogP contribution < -0.4 is 11.1 Å². The highest BCUT2D eigenvalue weighted by Crippen LogP contribution is 2.24. The van der Waals surface area contributed by atoms with Gasteiger partial charge in [-0.15, -0.1) is 0 Å². The van der Waals surface area contributed by atoms with Gasteiger partial charge in [0.2, 0.25) is 5.91 Å². The number of halogens is 1. The molecular weight excluding hydrogens is 267 g/mol. The molecule has 2 aromatic rings. The molecule has 110 valence electrons. The third-order valence-corrected chi connectivity index (χ3v) is 3.45. The van der Waals surface area contributed by atoms with Crippen LogP contribution in [0, 0.1) is 12.7 Å². The number of hydrogen-bond donors (Lipinski definition) is 2. The quantitative estimate of drug-likeness (QED) is 0.885. The van der Waals surface area contributed by atoms with Crippen LogP contribution in [0.25, 0.3) is 0 Å². The molecule has 0 aliphatic carbocycles. The van der Waals surface area contributed by atoms with Crippen molar-refractivity contribution in [1.29, 1.82) is 0 Å². The number of aryl methyl sites for hydroxylation is 1. The van der Waals surface area contributed by atoms with Gasteiger partial charge in [0.25, 0.3) is 0 Å². The van der Waals surface area contributed by atoms with Gasteiger partial charge in [0.05, 0.1) is 6.42 Å². The monoisotopic (exact) mass is 286 g/mol. The fourth-order valence-electron chi connectivity index (χ4n) is 2.20. The van der Waals surface area contributed by atoms with Gasteiger partial charge in [-0.3, -0.25) is 4.79 Å². The lowest BCUT2D eigenvalue weighted by Gasteiger charge is -2.18. The van der Waals surface area contributed by atoms with Gasteiger partial charge in [0, 0.05) is 11.7 Å². The van der Waals surface area contributed by atoms with Crippen molar-refractivity contribution in [3.05, 3.63) is 65.0 Å². The van der Waals surface area contributed by atoms with E-state index in [-0.39, 0.29) is 24.2 Å². The van der Waals surface area contributed by atoms with E-state index in [1.165, 1.54) is 6.07 Å². The van der Waals surface area contributed by atoms with Crippen LogP contribution in [0.3, 0.4) is 0 Å². The summed E-state index contributed by atoms with van der Waals surface area (Å²) in [6.45, 7) is 3.69. The molecule has 1 atom stereocenters. The predicted octanol–water partition coefficient (Wildman–Crippen LogP) is 3.34. The summed E-state index contributed by atoms with van der Waals surface area (Å²) < 4.78 is 13.6. The summed E-state index contributed by atoms with van der Waals surface area (Å²) in [4.78, 5) is 11.1. The van der Waals surface area contributed by atoms with Crippen LogP contribution >= 0.6 is 0 Å². The molecule has 1 unspecified atom stereocenters. The number of rotatable bonds is 5. The van der Waals surface area contributed by atoms with E-state index in [1.807, 2.05) is 37.3 Å². The average Bonchev–Trinajstić information content (AvgIpc) is 2.43. The van der Waals surface area contributed by atoms with Crippen molar-refractivity contribution in [2.24, 2.45) is 5.73 Å². The fourth-order valence-corrected chi connectivity index (χ4v) is 2.20. The molecule has 3 nitrogen and oxygen atoms in total. The van der Waals surface area contributed by atoms with Gasteiger partial charge >= 0.3 is 0 Å². The van der Waals surface area contributed by atoms with E-state index in [2.05, 4.69) is 5.32 Å². The van der Waals surface area contributed by atoms with Gasteiger partial charge in [-0.1, -0.05) is 30.3 Å². The lowest BCUT2D eigenvalue weighted by atomic mass is 10.0. The minimum atomic E-state index is -0.377. The van der Waals surface area contributed by atoms with Crippen LogP contribution in [0.15, 0.2) is 42.5 Å². The molecule has 0 aromatic heterocycles. The number of hydrogen-bond acceptors (Lipinski definition) is 2. The summed E-state index contributed by atoms with van der Waals surface area (Å²) in [6.07, 6.45) is 0.179. The SMILES string of the molecule is Cc1ccc(C(C)Nc2ccccc2CC(N)=O)cc1F. The number of benzene rings is 2. The Morgan fingerprint density at radius 1 is 1.29 bits per heavy atom. The van der Waals surface area contributed by atoms with E-state index in [4.69, 9.17) is 5.73 Å². The summed E-state index contributed by atoms with van der Waals surface area (Å²) in [5, 5.41) is 3.30. The Bertz CT molecular complexity index is 655. The molecule has 0 fully saturated rings. The minimum absolute atomic E-state index is 0.0749. The van der Waals surface area contributed by atoms with E-state index < -0.39 is 0 Å². The van der Waals surface area contributed by atoms with E-state index in [1.54, 1.807) is 13.0 Å². The van der Waals surface area contributed by atoms with Gasteiger partial charge < -0.3 is 11.1 Å². The van der Waals surface area contributed by atoms with E-state index >= 15 is 0 Å². The lowest BCUT2D eigenvalue weighted by Crippen LogP contribution is -2.16. The smallest absolute Gasteiger partial charge is 0.221 e. The molecule has 4 heteroatoms. The van der Waals surface area contributed by atoms with Gasteiger partial charge in [-0.05, 0) is 42.7 Å². The number of amides is 1. The van der Waals surface area contributed by atoms with Crippen molar-refractivity contribution in [1.82, 2.24) is 0 Å². The highest BCUT2D eigenvalue weighted by Gasteiger charge is 2.11. The standard InChI is InChI=1S/C17H19FN2O/c1-11-7-8-13(9-15(11)18)12(2)20-16-6-4-3-5-14(16)10-17(19)21/h3-9,12,20H,10H2,1-2H3,(H2,19,21). The van der Waals surface area contributed by atoms with Crippen molar-refractivity contribution in [2.75, 3.05) is 5.32 Å². The summed E-state index contributed by atoms with van der Waals surface area (Å²) >= 11 is 0. The maximum atomic E-state index is 13.6. The lowest BCUT2D eigenvalue weighted by molar-refractivity contribution is -0.117. The number of para-hydroxylation sites is 1. The minimum Gasteiger partial charge on any atom is -0.378 e. The fraction of sp³-hybridized carbons (Fsp3) is 0.235. The number of nitrogens with two attached hydrogens (primary N) is 1. The van der Waals surface area contributed by atoms with E-state index in [0.717, 1.165) is 16.8 Å². The van der Waals surface area contributed by atoms with Crippen molar-refractivity contribution >= 4 is 11.6 Å². The van der Waals surface area contributed by atoms with Crippen molar-refractivity contribution in [2.45, 2.75) is 26.3 Å². The molecule has 0 spiro atoms. The molecule has 0 saturated heterocycles. The summed E-state index contributed by atoms with van der Waals surface area (Å²) in [5.41, 5.74) is 8.41.